The first-order chi connectivity index (χ1) is 10.1. The van der Waals surface area contributed by atoms with Crippen LogP contribution in [0.4, 0.5) is 30.6 Å². The lowest BCUT2D eigenvalue weighted by atomic mass is 10.3. The van der Waals surface area contributed by atoms with E-state index in [-0.39, 0.29) is 11.6 Å². The van der Waals surface area contributed by atoms with Crippen molar-refractivity contribution in [2.24, 2.45) is 0 Å². The summed E-state index contributed by atoms with van der Waals surface area (Å²) in [6.07, 6.45) is 1.04. The van der Waals surface area contributed by atoms with Gasteiger partial charge in [0.15, 0.2) is 11.6 Å². The zero-order chi connectivity index (χ0) is 15.2. The molecule has 2 aromatic rings. The molecule has 21 heavy (non-hydrogen) atoms. The summed E-state index contributed by atoms with van der Waals surface area (Å²) in [5.41, 5.74) is 0.483. The predicted octanol–water partition coefficient (Wildman–Crippen LogP) is 3.39. The number of rotatable bonds is 6. The third kappa shape index (κ3) is 4.23. The van der Waals surface area contributed by atoms with Crippen molar-refractivity contribution in [2.45, 2.75) is 13.5 Å². The minimum atomic E-state index is -2.88. The molecule has 0 bridgehead atoms. The van der Waals surface area contributed by atoms with E-state index < -0.39 is 12.4 Å². The van der Waals surface area contributed by atoms with E-state index in [1.54, 1.807) is 0 Å². The Morgan fingerprint density at radius 2 is 1.95 bits per heavy atom. The summed E-state index contributed by atoms with van der Waals surface area (Å²) >= 11 is 0. The summed E-state index contributed by atoms with van der Waals surface area (Å²) in [5, 5.41) is 5.60. The van der Waals surface area contributed by atoms with Crippen LogP contribution in [0.15, 0.2) is 30.5 Å². The lowest BCUT2D eigenvalue weighted by molar-refractivity contribution is -0.0498. The van der Waals surface area contributed by atoms with Crippen molar-refractivity contribution in [1.29, 1.82) is 0 Å². The number of alkyl halides is 2. The van der Waals surface area contributed by atoms with E-state index in [0.717, 1.165) is 6.20 Å². The second kappa shape index (κ2) is 6.78. The van der Waals surface area contributed by atoms with Gasteiger partial charge in [-0.2, -0.15) is 13.8 Å². The van der Waals surface area contributed by atoms with Gasteiger partial charge in [0.1, 0.15) is 5.75 Å². The molecule has 5 nitrogen and oxygen atoms in total. The first-order valence-electron chi connectivity index (χ1n) is 6.16. The van der Waals surface area contributed by atoms with E-state index in [1.165, 1.54) is 24.3 Å². The molecule has 0 aliphatic heterocycles. The Morgan fingerprint density at radius 1 is 1.24 bits per heavy atom. The van der Waals surface area contributed by atoms with Gasteiger partial charge in [-0.3, -0.25) is 0 Å². The average molecular weight is 298 g/mol. The third-order valence-corrected chi connectivity index (χ3v) is 2.42. The molecule has 1 heterocycles. The van der Waals surface area contributed by atoms with E-state index in [0.29, 0.717) is 18.2 Å². The zero-order valence-corrected chi connectivity index (χ0v) is 11.1. The fraction of sp³-hybridized carbons (Fsp3) is 0.231. The van der Waals surface area contributed by atoms with Crippen LogP contribution in [-0.2, 0) is 0 Å². The SMILES string of the molecule is CCNc1ncc(F)c(Nc2ccc(OC(F)F)cc2)n1. The van der Waals surface area contributed by atoms with Gasteiger partial charge in [0.25, 0.3) is 0 Å². The normalized spacial score (nSPS) is 10.5. The molecule has 0 atom stereocenters. The van der Waals surface area contributed by atoms with Crippen LogP contribution < -0.4 is 15.4 Å². The van der Waals surface area contributed by atoms with Crippen molar-refractivity contribution < 1.29 is 17.9 Å². The van der Waals surface area contributed by atoms with Crippen LogP contribution in [0.1, 0.15) is 6.92 Å². The molecule has 0 saturated heterocycles. The Kier molecular flexibility index (Phi) is 4.81. The van der Waals surface area contributed by atoms with Gasteiger partial charge in [0.2, 0.25) is 5.95 Å². The molecule has 8 heteroatoms. The number of ether oxygens (including phenoxy) is 1. The van der Waals surface area contributed by atoms with Gasteiger partial charge < -0.3 is 15.4 Å². The van der Waals surface area contributed by atoms with Crippen molar-refractivity contribution in [1.82, 2.24) is 9.97 Å². The number of anilines is 3. The molecule has 0 aliphatic carbocycles. The Hall–Kier alpha value is -2.51. The Labute approximate surface area is 119 Å². The van der Waals surface area contributed by atoms with Crippen molar-refractivity contribution in [3.05, 3.63) is 36.3 Å². The number of nitrogens with one attached hydrogen (secondary N) is 2. The molecule has 112 valence electrons. The highest BCUT2D eigenvalue weighted by atomic mass is 19.3. The summed E-state index contributed by atoms with van der Waals surface area (Å²) < 4.78 is 41.9. The number of benzene rings is 1. The van der Waals surface area contributed by atoms with Crippen LogP contribution in [0.25, 0.3) is 0 Å². The van der Waals surface area contributed by atoms with Gasteiger partial charge in [-0.15, -0.1) is 0 Å². The molecule has 0 fully saturated rings. The molecule has 1 aromatic carbocycles. The molecule has 0 aliphatic rings. The van der Waals surface area contributed by atoms with Gasteiger partial charge in [-0.25, -0.2) is 9.37 Å². The minimum absolute atomic E-state index is 0.0107. The predicted molar refractivity (Wildman–Crippen MR) is 72.5 cm³/mol. The van der Waals surface area contributed by atoms with Gasteiger partial charge in [-0.1, -0.05) is 0 Å². The molecule has 2 rings (SSSR count). The summed E-state index contributed by atoms with van der Waals surface area (Å²) in [6.45, 7) is -0.419. The molecule has 0 saturated carbocycles. The second-order valence-corrected chi connectivity index (χ2v) is 3.95. The largest absolute Gasteiger partial charge is 0.435 e. The van der Waals surface area contributed by atoms with Crippen LogP contribution in [0.2, 0.25) is 0 Å². The van der Waals surface area contributed by atoms with Gasteiger partial charge in [0, 0.05) is 12.2 Å². The topological polar surface area (TPSA) is 59.1 Å². The first kappa shape index (κ1) is 14.9. The maximum atomic E-state index is 13.6. The number of aromatic nitrogens is 2. The van der Waals surface area contributed by atoms with Crippen LogP contribution >= 0.6 is 0 Å². The Morgan fingerprint density at radius 3 is 2.57 bits per heavy atom. The molecular weight excluding hydrogens is 285 g/mol. The van der Waals surface area contributed by atoms with E-state index in [9.17, 15) is 13.2 Å². The highest BCUT2D eigenvalue weighted by molar-refractivity contribution is 5.58. The molecule has 0 unspecified atom stereocenters. The van der Waals surface area contributed by atoms with Crippen LogP contribution in [0, 0.1) is 5.82 Å². The van der Waals surface area contributed by atoms with Crippen LogP contribution in [0.5, 0.6) is 5.75 Å². The van der Waals surface area contributed by atoms with Crippen LogP contribution in [-0.4, -0.2) is 23.1 Å². The van der Waals surface area contributed by atoms with Gasteiger partial charge in [0.05, 0.1) is 6.20 Å². The van der Waals surface area contributed by atoms with Crippen molar-refractivity contribution in [2.75, 3.05) is 17.2 Å². The van der Waals surface area contributed by atoms with E-state index in [1.807, 2.05) is 6.92 Å². The smallest absolute Gasteiger partial charge is 0.387 e. The molecular formula is C13H13F3N4O. The van der Waals surface area contributed by atoms with E-state index >= 15 is 0 Å². The number of hydrogen-bond donors (Lipinski definition) is 2. The maximum Gasteiger partial charge on any atom is 0.387 e. The standard InChI is InChI=1S/C13H13F3N4O/c1-2-17-13-18-7-10(14)11(20-13)19-8-3-5-9(6-4-8)21-12(15)16/h3-7,12H,2H2,1H3,(H2,17,18,19,20). The number of hydrogen-bond acceptors (Lipinski definition) is 5. The van der Waals surface area contributed by atoms with Gasteiger partial charge in [-0.05, 0) is 31.2 Å². The molecule has 0 radical (unpaired) electrons. The monoisotopic (exact) mass is 298 g/mol. The summed E-state index contributed by atoms with van der Waals surface area (Å²) in [6, 6.07) is 5.65. The fourth-order valence-electron chi connectivity index (χ4n) is 1.55. The fourth-order valence-corrected chi connectivity index (χ4v) is 1.55. The summed E-state index contributed by atoms with van der Waals surface area (Å²) in [4.78, 5) is 7.75. The van der Waals surface area contributed by atoms with E-state index in [2.05, 4.69) is 25.3 Å². The average Bonchev–Trinajstić information content (AvgIpc) is 2.44. The summed E-state index contributed by atoms with van der Waals surface area (Å²) in [7, 11) is 0. The minimum Gasteiger partial charge on any atom is -0.435 e. The number of nitrogens with zero attached hydrogens (tertiary/aromatic N) is 2. The van der Waals surface area contributed by atoms with Crippen molar-refractivity contribution in [3.8, 4) is 5.75 Å². The quantitative estimate of drug-likeness (QED) is 0.856. The third-order valence-electron chi connectivity index (χ3n) is 2.42. The highest BCUT2D eigenvalue weighted by Crippen LogP contribution is 2.22. The molecule has 0 spiro atoms. The zero-order valence-electron chi connectivity index (χ0n) is 11.1. The lowest BCUT2D eigenvalue weighted by Crippen LogP contribution is -2.06. The van der Waals surface area contributed by atoms with Crippen molar-refractivity contribution >= 4 is 17.5 Å². The molecule has 0 amide bonds. The summed E-state index contributed by atoms with van der Waals surface area (Å²) in [5.74, 6) is -0.320. The molecule has 1 aromatic heterocycles. The first-order valence-corrected chi connectivity index (χ1v) is 6.16. The second-order valence-electron chi connectivity index (χ2n) is 3.95. The lowest BCUT2D eigenvalue weighted by Gasteiger charge is -2.09. The van der Waals surface area contributed by atoms with Gasteiger partial charge >= 0.3 is 6.61 Å². The number of halogens is 3. The van der Waals surface area contributed by atoms with Crippen molar-refractivity contribution in [3.63, 3.8) is 0 Å². The Bertz CT molecular complexity index is 592. The molecule has 2 N–H and O–H groups in total. The van der Waals surface area contributed by atoms with Crippen LogP contribution in [0.3, 0.4) is 0 Å². The Balaban J connectivity index is 2.12. The van der Waals surface area contributed by atoms with E-state index in [4.69, 9.17) is 0 Å². The highest BCUT2D eigenvalue weighted by Gasteiger charge is 2.08. The maximum absolute atomic E-state index is 13.6.